The molecule has 0 radical (unpaired) electrons. The van der Waals surface area contributed by atoms with Crippen molar-refractivity contribution in [3.63, 3.8) is 0 Å². The highest BCUT2D eigenvalue weighted by atomic mass is 19.1. The summed E-state index contributed by atoms with van der Waals surface area (Å²) in [5.41, 5.74) is 3.82. The van der Waals surface area contributed by atoms with E-state index >= 15 is 0 Å². The number of hydrogen-bond donors (Lipinski definition) is 1. The molecule has 190 valence electrons. The maximum absolute atomic E-state index is 12.6. The summed E-state index contributed by atoms with van der Waals surface area (Å²) in [6.07, 6.45) is 11.4. The van der Waals surface area contributed by atoms with Crippen molar-refractivity contribution in [1.82, 2.24) is 0 Å². The van der Waals surface area contributed by atoms with Gasteiger partial charge in [0.1, 0.15) is 13.3 Å². The third kappa shape index (κ3) is 9.61. The van der Waals surface area contributed by atoms with Gasteiger partial charge in [-0.05, 0) is 98.5 Å². The minimum Gasteiger partial charge on any atom is -0.390 e. The lowest BCUT2D eigenvalue weighted by Crippen LogP contribution is -2.26. The molecule has 1 atom stereocenters. The lowest BCUT2D eigenvalue weighted by molar-refractivity contribution is -0.116. The van der Waals surface area contributed by atoms with Gasteiger partial charge in [-0.25, -0.2) is 8.78 Å². The smallest absolute Gasteiger partial charge is 0.185 e. The highest BCUT2D eigenvalue weighted by molar-refractivity contribution is 6.24. The monoisotopic (exact) mass is 476 g/mol. The Kier molecular flexibility index (Phi) is 12.6. The van der Waals surface area contributed by atoms with Gasteiger partial charge in [0, 0.05) is 22.3 Å². The Labute approximate surface area is 204 Å². The van der Waals surface area contributed by atoms with Gasteiger partial charge in [-0.3, -0.25) is 9.59 Å². The van der Waals surface area contributed by atoms with E-state index in [2.05, 4.69) is 19.1 Å². The Bertz CT molecular complexity index is 892. The van der Waals surface area contributed by atoms with Crippen LogP contribution in [0.1, 0.15) is 92.9 Å². The fourth-order valence-electron chi connectivity index (χ4n) is 4.00. The molecule has 34 heavy (non-hydrogen) atoms. The third-order valence-corrected chi connectivity index (χ3v) is 6.75. The number of carbonyl (C=O) groups excluding carboxylic acids is 2. The van der Waals surface area contributed by atoms with Crippen molar-refractivity contribution in [3.8, 4) is 0 Å². The molecule has 1 N–H and O–H groups in total. The van der Waals surface area contributed by atoms with Crippen molar-refractivity contribution in [2.45, 2.75) is 98.5 Å². The molecule has 0 aromatic heterocycles. The summed E-state index contributed by atoms with van der Waals surface area (Å²) in [7, 11) is 0. The number of allylic oxidation sites excluding steroid dienone is 10. The van der Waals surface area contributed by atoms with Crippen LogP contribution in [-0.4, -0.2) is 35.6 Å². The predicted molar refractivity (Wildman–Crippen MR) is 136 cm³/mol. The molecule has 0 bridgehead atoms. The fourth-order valence-corrected chi connectivity index (χ4v) is 4.00. The van der Waals surface area contributed by atoms with Crippen LogP contribution >= 0.6 is 0 Å². The second kappa shape index (κ2) is 14.3. The van der Waals surface area contributed by atoms with Crippen LogP contribution in [-0.2, 0) is 9.59 Å². The summed E-state index contributed by atoms with van der Waals surface area (Å²) >= 11 is 0. The van der Waals surface area contributed by atoms with Crippen molar-refractivity contribution in [2.75, 3.05) is 13.3 Å². The van der Waals surface area contributed by atoms with E-state index in [9.17, 15) is 23.5 Å². The van der Waals surface area contributed by atoms with Crippen LogP contribution in [0, 0.1) is 0 Å². The molecular weight excluding hydrogens is 434 g/mol. The zero-order valence-electron chi connectivity index (χ0n) is 21.8. The molecule has 1 aliphatic rings. The molecule has 0 saturated heterocycles. The van der Waals surface area contributed by atoms with Crippen molar-refractivity contribution in [1.29, 1.82) is 0 Å². The number of rotatable bonds is 14. The first-order chi connectivity index (χ1) is 15.9. The first kappa shape index (κ1) is 29.9. The number of ketones is 2. The van der Waals surface area contributed by atoms with Crippen LogP contribution in [0.3, 0.4) is 0 Å². The van der Waals surface area contributed by atoms with Gasteiger partial charge in [0.05, 0.1) is 5.60 Å². The Morgan fingerprint density at radius 2 is 1.29 bits per heavy atom. The van der Waals surface area contributed by atoms with Gasteiger partial charge in [0.25, 0.3) is 0 Å². The topological polar surface area (TPSA) is 54.4 Å². The molecule has 0 aliphatic heterocycles. The molecule has 0 amide bonds. The number of Topliss-reactive ketones (excluding diaryl/α,β-unsaturated/α-hetero) is 2. The number of carbonyl (C=O) groups is 2. The lowest BCUT2D eigenvalue weighted by atomic mass is 9.82. The molecule has 5 heteroatoms. The van der Waals surface area contributed by atoms with E-state index in [1.165, 1.54) is 11.1 Å². The largest absolute Gasteiger partial charge is 0.390 e. The molecule has 0 heterocycles. The SMILES string of the molecule is CC1=C(C)C(=O)C(CCC(C)(O)CC/C=C(\C)CC/C=C(\C)CCC=C(CF)CF)=C(C)C1=O. The Balaban J connectivity index is 2.47. The van der Waals surface area contributed by atoms with Crippen molar-refractivity contribution in [3.05, 3.63) is 57.2 Å². The molecular formula is C29H42F2O3. The maximum Gasteiger partial charge on any atom is 0.185 e. The summed E-state index contributed by atoms with van der Waals surface area (Å²) in [4.78, 5) is 24.9. The Morgan fingerprint density at radius 3 is 1.85 bits per heavy atom. The van der Waals surface area contributed by atoms with Crippen LogP contribution < -0.4 is 0 Å². The Hall–Kier alpha value is -2.14. The first-order valence-corrected chi connectivity index (χ1v) is 12.2. The summed E-state index contributed by atoms with van der Waals surface area (Å²) in [6.45, 7) is 9.54. The zero-order valence-corrected chi connectivity index (χ0v) is 21.8. The number of aliphatic hydroxyl groups is 1. The molecule has 1 unspecified atom stereocenters. The highest BCUT2D eigenvalue weighted by Crippen LogP contribution is 2.30. The van der Waals surface area contributed by atoms with Crippen molar-refractivity contribution < 1.29 is 23.5 Å². The van der Waals surface area contributed by atoms with Crippen molar-refractivity contribution >= 4 is 11.6 Å². The minimum atomic E-state index is -0.917. The normalized spacial score (nSPS) is 17.4. The second-order valence-electron chi connectivity index (χ2n) is 9.86. The number of alkyl halides is 2. The number of hydrogen-bond acceptors (Lipinski definition) is 3. The maximum atomic E-state index is 12.6. The number of halogens is 2. The zero-order chi connectivity index (χ0) is 25.9. The van der Waals surface area contributed by atoms with Gasteiger partial charge < -0.3 is 5.11 Å². The van der Waals surface area contributed by atoms with Crippen LogP contribution in [0.15, 0.2) is 57.2 Å². The fraction of sp³-hybridized carbons (Fsp3) is 0.586. The molecule has 0 aromatic carbocycles. The highest BCUT2D eigenvalue weighted by Gasteiger charge is 2.29. The van der Waals surface area contributed by atoms with Gasteiger partial charge >= 0.3 is 0 Å². The summed E-state index contributed by atoms with van der Waals surface area (Å²) in [6, 6.07) is 0. The van der Waals surface area contributed by atoms with E-state index < -0.39 is 19.0 Å². The second-order valence-corrected chi connectivity index (χ2v) is 9.86. The van der Waals surface area contributed by atoms with Gasteiger partial charge in [-0.15, -0.1) is 0 Å². The molecule has 1 rings (SSSR count). The van der Waals surface area contributed by atoms with Crippen LogP contribution in [0.5, 0.6) is 0 Å². The van der Waals surface area contributed by atoms with Crippen LogP contribution in [0.25, 0.3) is 0 Å². The molecule has 3 nitrogen and oxygen atoms in total. The average Bonchev–Trinajstić information content (AvgIpc) is 2.79. The quantitative estimate of drug-likeness (QED) is 0.210. The Morgan fingerprint density at radius 1 is 0.794 bits per heavy atom. The van der Waals surface area contributed by atoms with Gasteiger partial charge in [0.15, 0.2) is 11.6 Å². The minimum absolute atomic E-state index is 0.0738. The molecule has 1 aliphatic carbocycles. The summed E-state index contributed by atoms with van der Waals surface area (Å²) in [5, 5.41) is 10.8. The van der Waals surface area contributed by atoms with Crippen LogP contribution in [0.2, 0.25) is 0 Å². The van der Waals surface area contributed by atoms with E-state index in [-0.39, 0.29) is 17.1 Å². The predicted octanol–water partition coefficient (Wildman–Crippen LogP) is 7.42. The van der Waals surface area contributed by atoms with Crippen LogP contribution in [0.4, 0.5) is 8.78 Å². The van der Waals surface area contributed by atoms with E-state index in [1.54, 1.807) is 33.8 Å². The average molecular weight is 477 g/mol. The van der Waals surface area contributed by atoms with Gasteiger partial charge in [0.2, 0.25) is 0 Å². The lowest BCUT2D eigenvalue weighted by Gasteiger charge is -2.25. The molecule has 0 aromatic rings. The standard InChI is InChI=1S/C29H42F2O3/c1-20(12-8-14-25(18-30)19-31)10-7-11-21(2)13-9-16-29(6,34)17-15-26-24(5)27(32)22(3)23(4)28(26)33/h10,13-14,34H,7-9,11-12,15-19H2,1-6H3/b20-10+,21-13+. The van der Waals surface area contributed by atoms with Crippen molar-refractivity contribution in [2.24, 2.45) is 0 Å². The van der Waals surface area contributed by atoms with E-state index in [1.807, 2.05) is 6.92 Å². The third-order valence-electron chi connectivity index (χ3n) is 6.75. The van der Waals surface area contributed by atoms with E-state index in [0.717, 1.165) is 25.7 Å². The molecule has 0 saturated carbocycles. The summed E-state index contributed by atoms with van der Waals surface area (Å²) < 4.78 is 25.0. The van der Waals surface area contributed by atoms with Gasteiger partial charge in [-0.2, -0.15) is 0 Å². The molecule has 0 spiro atoms. The summed E-state index contributed by atoms with van der Waals surface area (Å²) in [5.74, 6) is -0.152. The van der Waals surface area contributed by atoms with E-state index in [0.29, 0.717) is 48.0 Å². The van der Waals surface area contributed by atoms with Gasteiger partial charge in [-0.1, -0.05) is 29.4 Å². The first-order valence-electron chi connectivity index (χ1n) is 12.2. The molecule has 0 fully saturated rings. The van der Waals surface area contributed by atoms with E-state index in [4.69, 9.17) is 0 Å².